The number of amides is 1. The Balaban J connectivity index is 1.60. The van der Waals surface area contributed by atoms with Crippen LogP contribution in [0.3, 0.4) is 0 Å². The summed E-state index contributed by atoms with van der Waals surface area (Å²) in [4.78, 5) is 19.3. The Morgan fingerprint density at radius 1 is 1.38 bits per heavy atom. The lowest BCUT2D eigenvalue weighted by molar-refractivity contribution is 0.0621. The summed E-state index contributed by atoms with van der Waals surface area (Å²) in [6.45, 7) is 3.29. The van der Waals surface area contributed by atoms with Gasteiger partial charge in [-0.05, 0) is 37.9 Å². The molecule has 5 heterocycles. The van der Waals surface area contributed by atoms with Crippen molar-refractivity contribution in [2.45, 2.75) is 18.9 Å². The van der Waals surface area contributed by atoms with E-state index in [4.69, 9.17) is 11.6 Å². The molecule has 6 heteroatoms. The van der Waals surface area contributed by atoms with Gasteiger partial charge >= 0.3 is 0 Å². The van der Waals surface area contributed by atoms with Gasteiger partial charge in [0, 0.05) is 31.2 Å². The molecule has 1 amide bonds. The number of hydrogen-bond acceptors (Lipinski definition) is 3. The van der Waals surface area contributed by atoms with Crippen LogP contribution in [-0.4, -0.2) is 45.9 Å². The number of imidazole rings is 1. The third-order valence-corrected chi connectivity index (χ3v) is 4.88. The molecule has 0 aliphatic carbocycles. The fourth-order valence-corrected chi connectivity index (χ4v) is 3.75. The molecule has 3 saturated heterocycles. The highest BCUT2D eigenvalue weighted by Crippen LogP contribution is 2.28. The van der Waals surface area contributed by atoms with Crippen LogP contribution in [0.15, 0.2) is 24.7 Å². The molecule has 110 valence electrons. The van der Waals surface area contributed by atoms with Crippen molar-refractivity contribution >= 4 is 23.2 Å². The minimum atomic E-state index is -0.0764. The molecule has 0 radical (unpaired) electrons. The number of rotatable bonds is 2. The first-order valence-corrected chi connectivity index (χ1v) is 7.74. The van der Waals surface area contributed by atoms with Crippen LogP contribution in [0.4, 0.5) is 0 Å². The number of pyridine rings is 1. The summed E-state index contributed by atoms with van der Waals surface area (Å²) in [6.07, 6.45) is 7.59. The number of hydrogen-bond donors (Lipinski definition) is 1. The van der Waals surface area contributed by atoms with Gasteiger partial charge in [-0.25, -0.2) is 4.98 Å². The smallest absolute Gasteiger partial charge is 0.255 e. The zero-order valence-corrected chi connectivity index (χ0v) is 12.4. The molecule has 3 aliphatic rings. The second kappa shape index (κ2) is 5.00. The number of piperidine rings is 3. The lowest BCUT2D eigenvalue weighted by Gasteiger charge is -2.44. The molecule has 5 rings (SSSR count). The summed E-state index contributed by atoms with van der Waals surface area (Å²) in [6, 6.07) is 1.94. The Bertz CT molecular complexity index is 690. The van der Waals surface area contributed by atoms with Crippen LogP contribution in [0.2, 0.25) is 5.02 Å². The minimum absolute atomic E-state index is 0.0764. The lowest BCUT2D eigenvalue weighted by atomic mass is 9.84. The molecule has 1 unspecified atom stereocenters. The quantitative estimate of drug-likeness (QED) is 0.920. The molecule has 3 fully saturated rings. The van der Waals surface area contributed by atoms with Crippen molar-refractivity contribution in [2.24, 2.45) is 5.92 Å². The van der Waals surface area contributed by atoms with Gasteiger partial charge in [0.1, 0.15) is 5.65 Å². The summed E-state index contributed by atoms with van der Waals surface area (Å²) in [5.41, 5.74) is 1.20. The second-order valence-corrected chi connectivity index (χ2v) is 6.38. The van der Waals surface area contributed by atoms with Crippen molar-refractivity contribution < 1.29 is 4.79 Å². The summed E-state index contributed by atoms with van der Waals surface area (Å²) < 4.78 is 1.79. The van der Waals surface area contributed by atoms with Gasteiger partial charge < -0.3 is 14.6 Å². The average molecular weight is 305 g/mol. The molecule has 2 aromatic rings. The molecular formula is C15H17ClN4O. The van der Waals surface area contributed by atoms with Gasteiger partial charge in [0.15, 0.2) is 0 Å². The Hall–Kier alpha value is -1.59. The summed E-state index contributed by atoms with van der Waals surface area (Å²) in [7, 11) is 0. The van der Waals surface area contributed by atoms with Crippen LogP contribution in [0.5, 0.6) is 0 Å². The third-order valence-electron chi connectivity index (χ3n) is 4.67. The normalized spacial score (nSPS) is 28.0. The maximum absolute atomic E-state index is 12.6. The Morgan fingerprint density at radius 3 is 2.90 bits per heavy atom. The number of carbonyl (C=O) groups is 1. The van der Waals surface area contributed by atoms with Crippen molar-refractivity contribution in [3.8, 4) is 0 Å². The average Bonchev–Trinajstić information content (AvgIpc) is 2.95. The number of fused-ring (bicyclic) bond motifs is 4. The van der Waals surface area contributed by atoms with E-state index in [1.165, 1.54) is 25.9 Å². The fraction of sp³-hybridized carbons (Fsp3) is 0.467. The number of nitrogens with zero attached hydrogens (tertiary/aromatic N) is 3. The van der Waals surface area contributed by atoms with Crippen LogP contribution in [0, 0.1) is 5.92 Å². The largest absolute Gasteiger partial charge is 0.348 e. The van der Waals surface area contributed by atoms with Crippen LogP contribution >= 0.6 is 11.6 Å². The zero-order valence-electron chi connectivity index (χ0n) is 11.6. The van der Waals surface area contributed by atoms with E-state index in [-0.39, 0.29) is 11.9 Å². The number of nitrogens with one attached hydrogen (secondary N) is 1. The molecule has 1 N–H and O–H groups in total. The van der Waals surface area contributed by atoms with Crippen molar-refractivity contribution in [1.82, 2.24) is 19.6 Å². The predicted octanol–water partition coefficient (Wildman–Crippen LogP) is 1.81. The Labute approximate surface area is 127 Å². The number of aromatic nitrogens is 2. The standard InChI is InChI=1S/C15H17ClN4O/c16-11-7-12(14-17-3-6-20(14)8-11)15(21)18-13-9-19-4-1-10(13)2-5-19/h3,6-8,10,13H,1-2,4-5,9H2,(H,18,21). The molecule has 2 aromatic heterocycles. The van der Waals surface area contributed by atoms with Gasteiger partial charge in [-0.1, -0.05) is 11.6 Å². The van der Waals surface area contributed by atoms with Crippen LogP contribution in [0.1, 0.15) is 23.2 Å². The number of carbonyl (C=O) groups excluding carboxylic acids is 1. The van der Waals surface area contributed by atoms with E-state index in [0.29, 0.717) is 22.2 Å². The molecule has 0 spiro atoms. The van der Waals surface area contributed by atoms with E-state index in [0.717, 1.165) is 6.54 Å². The zero-order chi connectivity index (χ0) is 14.4. The highest BCUT2D eigenvalue weighted by atomic mass is 35.5. The van der Waals surface area contributed by atoms with Gasteiger partial charge in [-0.3, -0.25) is 4.79 Å². The van der Waals surface area contributed by atoms with Gasteiger partial charge in [-0.2, -0.15) is 0 Å². The van der Waals surface area contributed by atoms with Crippen LogP contribution < -0.4 is 5.32 Å². The Kier molecular flexibility index (Phi) is 3.12. The van der Waals surface area contributed by atoms with Gasteiger partial charge in [0.05, 0.1) is 10.6 Å². The minimum Gasteiger partial charge on any atom is -0.348 e. The second-order valence-electron chi connectivity index (χ2n) is 5.95. The summed E-state index contributed by atoms with van der Waals surface area (Å²) >= 11 is 6.09. The van der Waals surface area contributed by atoms with E-state index in [9.17, 15) is 4.79 Å². The molecule has 2 bridgehead atoms. The molecule has 5 nitrogen and oxygen atoms in total. The van der Waals surface area contributed by atoms with Crippen LogP contribution in [0.25, 0.3) is 5.65 Å². The van der Waals surface area contributed by atoms with Crippen molar-refractivity contribution in [1.29, 1.82) is 0 Å². The fourth-order valence-electron chi connectivity index (χ4n) is 3.54. The monoisotopic (exact) mass is 304 g/mol. The molecule has 21 heavy (non-hydrogen) atoms. The van der Waals surface area contributed by atoms with Crippen molar-refractivity contribution in [3.63, 3.8) is 0 Å². The molecule has 1 atom stereocenters. The van der Waals surface area contributed by atoms with E-state index in [2.05, 4.69) is 15.2 Å². The van der Waals surface area contributed by atoms with E-state index >= 15 is 0 Å². The first kappa shape index (κ1) is 13.1. The highest BCUT2D eigenvalue weighted by molar-refractivity contribution is 6.31. The van der Waals surface area contributed by atoms with Crippen molar-refractivity contribution in [3.05, 3.63) is 35.2 Å². The first-order chi connectivity index (χ1) is 10.2. The number of halogens is 1. The maximum atomic E-state index is 12.6. The summed E-state index contributed by atoms with van der Waals surface area (Å²) in [5.74, 6) is 0.529. The highest BCUT2D eigenvalue weighted by Gasteiger charge is 2.35. The van der Waals surface area contributed by atoms with Gasteiger partial charge in [-0.15, -0.1) is 0 Å². The van der Waals surface area contributed by atoms with E-state index in [1.54, 1.807) is 29.1 Å². The first-order valence-electron chi connectivity index (χ1n) is 7.36. The van der Waals surface area contributed by atoms with Crippen molar-refractivity contribution in [2.75, 3.05) is 19.6 Å². The molecular weight excluding hydrogens is 288 g/mol. The predicted molar refractivity (Wildman–Crippen MR) is 80.6 cm³/mol. The maximum Gasteiger partial charge on any atom is 0.255 e. The van der Waals surface area contributed by atoms with E-state index in [1.807, 2.05) is 0 Å². The van der Waals surface area contributed by atoms with Crippen LogP contribution in [-0.2, 0) is 0 Å². The SMILES string of the molecule is O=C(NC1CN2CCC1CC2)c1cc(Cl)cn2ccnc12. The lowest BCUT2D eigenvalue weighted by Crippen LogP contribution is -2.57. The summed E-state index contributed by atoms with van der Waals surface area (Å²) in [5, 5.41) is 3.72. The topological polar surface area (TPSA) is 49.6 Å². The van der Waals surface area contributed by atoms with Gasteiger partial charge in [0.2, 0.25) is 0 Å². The molecule has 0 aromatic carbocycles. The molecule has 3 aliphatic heterocycles. The van der Waals surface area contributed by atoms with Gasteiger partial charge in [0.25, 0.3) is 5.91 Å². The Morgan fingerprint density at radius 2 is 2.19 bits per heavy atom. The molecule has 0 saturated carbocycles. The van der Waals surface area contributed by atoms with E-state index < -0.39 is 0 Å². The third kappa shape index (κ3) is 2.30.